The Morgan fingerprint density at radius 3 is 2.14 bits per heavy atom. The SMILES string of the molecule is Cc1c(C(F)F)nn(C)c1S(C)(=O)=O. The van der Waals surface area contributed by atoms with Gasteiger partial charge < -0.3 is 0 Å². The first-order chi connectivity index (χ1) is 6.25. The van der Waals surface area contributed by atoms with Crippen LogP contribution in [0.2, 0.25) is 0 Å². The molecule has 14 heavy (non-hydrogen) atoms. The number of rotatable bonds is 2. The van der Waals surface area contributed by atoms with Crippen molar-refractivity contribution in [2.75, 3.05) is 6.26 Å². The van der Waals surface area contributed by atoms with Crippen molar-refractivity contribution in [3.05, 3.63) is 11.3 Å². The molecule has 0 spiro atoms. The number of hydrogen-bond acceptors (Lipinski definition) is 3. The summed E-state index contributed by atoms with van der Waals surface area (Å²) in [6.07, 6.45) is -1.79. The highest BCUT2D eigenvalue weighted by Gasteiger charge is 2.24. The molecule has 80 valence electrons. The van der Waals surface area contributed by atoms with Crippen LogP contribution < -0.4 is 0 Å². The van der Waals surface area contributed by atoms with Gasteiger partial charge in [0.15, 0.2) is 14.9 Å². The molecule has 0 saturated heterocycles. The number of aromatic nitrogens is 2. The van der Waals surface area contributed by atoms with Crippen LogP contribution in [0.25, 0.3) is 0 Å². The topological polar surface area (TPSA) is 52.0 Å². The van der Waals surface area contributed by atoms with Crippen LogP contribution in [0.15, 0.2) is 5.03 Å². The fraction of sp³-hybridized carbons (Fsp3) is 0.571. The van der Waals surface area contributed by atoms with E-state index in [-0.39, 0.29) is 10.6 Å². The summed E-state index contributed by atoms with van der Waals surface area (Å²) in [5.74, 6) is 0. The van der Waals surface area contributed by atoms with Crippen molar-refractivity contribution in [2.45, 2.75) is 18.4 Å². The summed E-state index contributed by atoms with van der Waals surface area (Å²) in [5, 5.41) is 3.30. The summed E-state index contributed by atoms with van der Waals surface area (Å²) >= 11 is 0. The molecule has 0 aliphatic carbocycles. The second-order valence-corrected chi connectivity index (χ2v) is 4.94. The molecule has 0 atom stereocenters. The Balaban J connectivity index is 3.48. The first kappa shape index (κ1) is 11.1. The van der Waals surface area contributed by atoms with Crippen LogP contribution in [0, 0.1) is 6.92 Å². The maximum atomic E-state index is 12.3. The average molecular weight is 224 g/mol. The number of nitrogens with zero attached hydrogens (tertiary/aromatic N) is 2. The van der Waals surface area contributed by atoms with Gasteiger partial charge in [0.1, 0.15) is 5.69 Å². The maximum absolute atomic E-state index is 12.3. The molecule has 1 heterocycles. The Kier molecular flexibility index (Phi) is 2.62. The van der Waals surface area contributed by atoms with Crippen LogP contribution in [-0.2, 0) is 16.9 Å². The molecule has 4 nitrogen and oxygen atoms in total. The Hall–Kier alpha value is -0.980. The number of aryl methyl sites for hydroxylation is 1. The zero-order chi connectivity index (χ0) is 11.1. The number of sulfone groups is 1. The molecule has 0 radical (unpaired) electrons. The Morgan fingerprint density at radius 2 is 1.93 bits per heavy atom. The van der Waals surface area contributed by atoms with E-state index in [1.165, 1.54) is 14.0 Å². The van der Waals surface area contributed by atoms with E-state index in [1.807, 2.05) is 0 Å². The fourth-order valence-electron chi connectivity index (χ4n) is 1.36. The van der Waals surface area contributed by atoms with Gasteiger partial charge in [-0.25, -0.2) is 17.2 Å². The lowest BCUT2D eigenvalue weighted by atomic mass is 10.3. The van der Waals surface area contributed by atoms with E-state index in [0.29, 0.717) is 0 Å². The highest BCUT2D eigenvalue weighted by atomic mass is 32.2. The van der Waals surface area contributed by atoms with Crippen molar-refractivity contribution >= 4 is 9.84 Å². The molecule has 0 aliphatic rings. The second kappa shape index (κ2) is 3.30. The first-order valence-corrected chi connectivity index (χ1v) is 5.66. The molecule has 0 aromatic carbocycles. The van der Waals surface area contributed by atoms with Crippen molar-refractivity contribution in [2.24, 2.45) is 7.05 Å². The monoisotopic (exact) mass is 224 g/mol. The van der Waals surface area contributed by atoms with Gasteiger partial charge in [-0.2, -0.15) is 5.10 Å². The molecule has 7 heteroatoms. The average Bonchev–Trinajstić information content (AvgIpc) is 2.24. The lowest BCUT2D eigenvalue weighted by molar-refractivity contribution is 0.144. The van der Waals surface area contributed by atoms with Gasteiger partial charge in [0.05, 0.1) is 0 Å². The summed E-state index contributed by atoms with van der Waals surface area (Å²) in [7, 11) is -2.18. The molecule has 0 bridgehead atoms. The molecule has 0 saturated carbocycles. The second-order valence-electron chi connectivity index (χ2n) is 3.01. The molecule has 0 aliphatic heterocycles. The van der Waals surface area contributed by atoms with Gasteiger partial charge in [0.25, 0.3) is 6.43 Å². The third kappa shape index (κ3) is 1.77. The minimum atomic E-state index is -3.51. The van der Waals surface area contributed by atoms with Crippen molar-refractivity contribution in [3.8, 4) is 0 Å². The van der Waals surface area contributed by atoms with Gasteiger partial charge in [-0.3, -0.25) is 4.68 Å². The van der Waals surface area contributed by atoms with Crippen LogP contribution >= 0.6 is 0 Å². The van der Waals surface area contributed by atoms with E-state index in [4.69, 9.17) is 0 Å². The minimum Gasteiger partial charge on any atom is -0.257 e. The summed E-state index contributed by atoms with van der Waals surface area (Å²) in [4.78, 5) is 0. The van der Waals surface area contributed by atoms with Crippen molar-refractivity contribution in [1.82, 2.24) is 9.78 Å². The van der Waals surface area contributed by atoms with Crippen LogP contribution in [0.4, 0.5) is 8.78 Å². The van der Waals surface area contributed by atoms with Gasteiger partial charge in [-0.05, 0) is 6.92 Å². The van der Waals surface area contributed by atoms with Crippen LogP contribution in [-0.4, -0.2) is 24.5 Å². The summed E-state index contributed by atoms with van der Waals surface area (Å²) in [5.41, 5.74) is -0.460. The summed E-state index contributed by atoms with van der Waals surface area (Å²) in [6.45, 7) is 1.32. The minimum absolute atomic E-state index is 0.0185. The summed E-state index contributed by atoms with van der Waals surface area (Å²) < 4.78 is 48.1. The van der Waals surface area contributed by atoms with Gasteiger partial charge in [0.2, 0.25) is 0 Å². The van der Waals surface area contributed by atoms with E-state index in [2.05, 4.69) is 5.10 Å². The van der Waals surface area contributed by atoms with Crippen LogP contribution in [0.5, 0.6) is 0 Å². The predicted molar refractivity (Wildman–Crippen MR) is 46.0 cm³/mol. The standard InChI is InChI=1S/C7H10F2N2O2S/c1-4-5(6(8)9)10-11(2)7(4)14(3,12)13/h6H,1-3H3. The lowest BCUT2D eigenvalue weighted by Gasteiger charge is -1.99. The molecule has 0 unspecified atom stereocenters. The van der Waals surface area contributed by atoms with Gasteiger partial charge in [-0.15, -0.1) is 0 Å². The van der Waals surface area contributed by atoms with E-state index >= 15 is 0 Å². The van der Waals surface area contributed by atoms with Crippen LogP contribution in [0.1, 0.15) is 17.7 Å². The van der Waals surface area contributed by atoms with Crippen molar-refractivity contribution in [3.63, 3.8) is 0 Å². The Morgan fingerprint density at radius 1 is 1.43 bits per heavy atom. The molecular formula is C7H10F2N2O2S. The Labute approximate surface area is 80.5 Å². The quantitative estimate of drug-likeness (QED) is 0.755. The van der Waals surface area contributed by atoms with E-state index < -0.39 is 22.0 Å². The smallest absolute Gasteiger partial charge is 0.257 e. The number of hydrogen-bond donors (Lipinski definition) is 0. The molecule has 0 N–H and O–H groups in total. The highest BCUT2D eigenvalue weighted by molar-refractivity contribution is 7.90. The molecule has 1 aromatic heterocycles. The van der Waals surface area contributed by atoms with E-state index in [1.54, 1.807) is 0 Å². The molecule has 0 fully saturated rings. The number of halogens is 2. The Bertz CT molecular complexity index is 451. The van der Waals surface area contributed by atoms with E-state index in [0.717, 1.165) is 10.9 Å². The van der Waals surface area contributed by atoms with E-state index in [9.17, 15) is 17.2 Å². The maximum Gasteiger partial charge on any atom is 0.282 e. The fourth-order valence-corrected chi connectivity index (χ4v) is 2.54. The third-order valence-electron chi connectivity index (χ3n) is 1.81. The zero-order valence-corrected chi connectivity index (χ0v) is 8.77. The van der Waals surface area contributed by atoms with Gasteiger partial charge >= 0.3 is 0 Å². The molecular weight excluding hydrogens is 214 g/mol. The molecule has 0 amide bonds. The number of alkyl halides is 2. The predicted octanol–water partition coefficient (Wildman–Crippen LogP) is 1.07. The van der Waals surface area contributed by atoms with Crippen LogP contribution in [0.3, 0.4) is 0 Å². The summed E-state index contributed by atoms with van der Waals surface area (Å²) in [6, 6.07) is 0. The van der Waals surface area contributed by atoms with Gasteiger partial charge in [0, 0.05) is 18.9 Å². The van der Waals surface area contributed by atoms with Crippen molar-refractivity contribution < 1.29 is 17.2 Å². The lowest BCUT2D eigenvalue weighted by Crippen LogP contribution is -2.06. The normalized spacial score (nSPS) is 12.4. The first-order valence-electron chi connectivity index (χ1n) is 3.77. The van der Waals surface area contributed by atoms with Gasteiger partial charge in [-0.1, -0.05) is 0 Å². The largest absolute Gasteiger partial charge is 0.282 e. The highest BCUT2D eigenvalue weighted by Crippen LogP contribution is 2.25. The third-order valence-corrected chi connectivity index (χ3v) is 3.09. The molecule has 1 aromatic rings. The van der Waals surface area contributed by atoms with Crippen molar-refractivity contribution in [1.29, 1.82) is 0 Å². The zero-order valence-electron chi connectivity index (χ0n) is 7.95. The molecule has 1 rings (SSSR count).